The van der Waals surface area contributed by atoms with Crippen LogP contribution in [0.15, 0.2) is 34.1 Å². The van der Waals surface area contributed by atoms with Crippen LogP contribution in [-0.2, 0) is 7.05 Å². The molecule has 0 radical (unpaired) electrons. The van der Waals surface area contributed by atoms with Crippen LogP contribution in [0.3, 0.4) is 0 Å². The maximum absolute atomic E-state index is 12.8. The van der Waals surface area contributed by atoms with E-state index in [1.807, 2.05) is 0 Å². The van der Waals surface area contributed by atoms with E-state index in [1.165, 1.54) is 4.57 Å². The van der Waals surface area contributed by atoms with Crippen LogP contribution in [0, 0.1) is 6.92 Å². The Morgan fingerprint density at radius 1 is 1.11 bits per heavy atom. The molecule has 0 aromatic carbocycles. The summed E-state index contributed by atoms with van der Waals surface area (Å²) in [6.45, 7) is 3.19. The molecule has 0 unspecified atom stereocenters. The van der Waals surface area contributed by atoms with Crippen LogP contribution in [0.1, 0.15) is 24.6 Å². The average molecular weight is 387 g/mol. The molecule has 8 nitrogen and oxygen atoms in total. The van der Waals surface area contributed by atoms with Crippen LogP contribution in [0.5, 0.6) is 0 Å². The fraction of sp³-hybridized carbons (Fsp3) is 0.389. The molecule has 0 spiro atoms. The topological polar surface area (TPSA) is 85.9 Å². The van der Waals surface area contributed by atoms with Gasteiger partial charge in [0.1, 0.15) is 0 Å². The lowest BCUT2D eigenvalue weighted by Gasteiger charge is -2.33. The summed E-state index contributed by atoms with van der Waals surface area (Å²) in [5, 5.41) is 0.471. The van der Waals surface area contributed by atoms with Crippen molar-refractivity contribution < 1.29 is 0 Å². The second-order valence-corrected chi connectivity index (χ2v) is 7.11. The largest absolute Gasteiger partial charge is 0.341 e. The van der Waals surface area contributed by atoms with Crippen molar-refractivity contribution in [2.45, 2.75) is 25.8 Å². The van der Waals surface area contributed by atoms with Crippen LogP contribution < -0.4 is 16.0 Å². The number of aryl methyl sites for hydroxylation is 2. The number of rotatable bonds is 2. The lowest BCUT2D eigenvalue weighted by molar-refractivity contribution is 0.389. The second kappa shape index (κ2) is 6.77. The summed E-state index contributed by atoms with van der Waals surface area (Å²) >= 11 is 6.19. The van der Waals surface area contributed by atoms with Gasteiger partial charge in [-0.1, -0.05) is 11.6 Å². The van der Waals surface area contributed by atoms with Gasteiger partial charge in [-0.25, -0.2) is 15.0 Å². The summed E-state index contributed by atoms with van der Waals surface area (Å²) in [6.07, 6.45) is 4.82. The van der Waals surface area contributed by atoms with E-state index in [4.69, 9.17) is 11.6 Å². The fourth-order valence-electron chi connectivity index (χ4n) is 3.55. The van der Waals surface area contributed by atoms with Gasteiger partial charge in [0, 0.05) is 38.6 Å². The highest BCUT2D eigenvalue weighted by Gasteiger charge is 2.26. The minimum atomic E-state index is -0.571. The minimum Gasteiger partial charge on any atom is -0.341 e. The molecule has 27 heavy (non-hydrogen) atoms. The van der Waals surface area contributed by atoms with Gasteiger partial charge in [-0.05, 0) is 31.9 Å². The molecule has 140 valence electrons. The molecule has 4 rings (SSSR count). The number of aromatic nitrogens is 5. The van der Waals surface area contributed by atoms with E-state index < -0.39 is 11.1 Å². The van der Waals surface area contributed by atoms with E-state index in [1.54, 1.807) is 43.1 Å². The highest BCUT2D eigenvalue weighted by molar-refractivity contribution is 6.31. The van der Waals surface area contributed by atoms with Gasteiger partial charge >= 0.3 is 11.1 Å². The van der Waals surface area contributed by atoms with Gasteiger partial charge in [0.2, 0.25) is 5.95 Å². The van der Waals surface area contributed by atoms with Crippen LogP contribution in [0.2, 0.25) is 5.02 Å². The number of nitrogens with zero attached hydrogens (tertiary/aromatic N) is 6. The van der Waals surface area contributed by atoms with Crippen molar-refractivity contribution in [2.75, 3.05) is 18.0 Å². The molecule has 1 aliphatic rings. The summed E-state index contributed by atoms with van der Waals surface area (Å²) in [5.41, 5.74) is 0.570. The SMILES string of the molecule is Cc1nc2c(cc1Cl)n(C)c(=O)c(=O)n2C1CCN(c2ncccn2)CC1. The Bertz CT molecular complexity index is 1120. The predicted molar refractivity (Wildman–Crippen MR) is 104 cm³/mol. The second-order valence-electron chi connectivity index (χ2n) is 6.70. The summed E-state index contributed by atoms with van der Waals surface area (Å²) in [7, 11) is 1.57. The Morgan fingerprint density at radius 2 is 1.78 bits per heavy atom. The van der Waals surface area contributed by atoms with Crippen LogP contribution >= 0.6 is 11.6 Å². The highest BCUT2D eigenvalue weighted by atomic mass is 35.5. The van der Waals surface area contributed by atoms with Crippen LogP contribution in [0.25, 0.3) is 11.2 Å². The minimum absolute atomic E-state index is 0.109. The van der Waals surface area contributed by atoms with Gasteiger partial charge in [-0.3, -0.25) is 14.2 Å². The summed E-state index contributed by atoms with van der Waals surface area (Å²) in [6, 6.07) is 3.37. The van der Waals surface area contributed by atoms with E-state index in [-0.39, 0.29) is 6.04 Å². The lowest BCUT2D eigenvalue weighted by atomic mass is 10.0. The normalized spacial score (nSPS) is 15.4. The van der Waals surface area contributed by atoms with E-state index in [0.717, 1.165) is 0 Å². The number of hydrogen-bond acceptors (Lipinski definition) is 6. The van der Waals surface area contributed by atoms with Crippen molar-refractivity contribution >= 4 is 28.7 Å². The molecule has 1 fully saturated rings. The highest BCUT2D eigenvalue weighted by Crippen LogP contribution is 2.26. The molecule has 4 heterocycles. The molecule has 0 saturated carbocycles. The first kappa shape index (κ1) is 17.7. The van der Waals surface area contributed by atoms with Crippen molar-refractivity contribution in [3.63, 3.8) is 0 Å². The molecular formula is C18H19ClN6O2. The molecule has 9 heteroatoms. The van der Waals surface area contributed by atoms with Gasteiger partial charge in [-0.15, -0.1) is 0 Å². The molecule has 3 aromatic heterocycles. The maximum Gasteiger partial charge on any atom is 0.318 e. The van der Waals surface area contributed by atoms with Gasteiger partial charge in [0.25, 0.3) is 0 Å². The third-order valence-electron chi connectivity index (χ3n) is 5.07. The number of halogens is 1. The van der Waals surface area contributed by atoms with Crippen molar-refractivity contribution in [3.05, 3.63) is 56.0 Å². The molecular weight excluding hydrogens is 368 g/mol. The summed E-state index contributed by atoms with van der Waals surface area (Å²) in [4.78, 5) is 40.4. The first-order chi connectivity index (χ1) is 13.0. The van der Waals surface area contributed by atoms with Crippen molar-refractivity contribution in [1.82, 2.24) is 24.1 Å². The van der Waals surface area contributed by atoms with Gasteiger partial charge in [0.15, 0.2) is 5.65 Å². The van der Waals surface area contributed by atoms with Crippen molar-refractivity contribution in [3.8, 4) is 0 Å². The Labute approximate surface area is 160 Å². The van der Waals surface area contributed by atoms with Crippen LogP contribution in [-0.4, -0.2) is 37.2 Å². The third kappa shape index (κ3) is 2.99. The van der Waals surface area contributed by atoms with Crippen molar-refractivity contribution in [2.24, 2.45) is 7.05 Å². The zero-order chi connectivity index (χ0) is 19.1. The van der Waals surface area contributed by atoms with Crippen molar-refractivity contribution in [1.29, 1.82) is 0 Å². The number of pyridine rings is 1. The monoisotopic (exact) mass is 386 g/mol. The molecule has 0 N–H and O–H groups in total. The smallest absolute Gasteiger partial charge is 0.318 e. The number of fused-ring (bicyclic) bond motifs is 1. The molecule has 0 amide bonds. The van der Waals surface area contributed by atoms with Gasteiger partial charge < -0.3 is 9.47 Å². The zero-order valence-electron chi connectivity index (χ0n) is 15.1. The van der Waals surface area contributed by atoms with E-state index >= 15 is 0 Å². The molecule has 1 aliphatic heterocycles. The molecule has 0 bridgehead atoms. The predicted octanol–water partition coefficient (Wildman–Crippen LogP) is 1.69. The van der Waals surface area contributed by atoms with Crippen LogP contribution in [0.4, 0.5) is 5.95 Å². The quantitative estimate of drug-likeness (QED) is 0.623. The average Bonchev–Trinajstić information content (AvgIpc) is 2.69. The maximum atomic E-state index is 12.8. The van der Waals surface area contributed by atoms with E-state index in [9.17, 15) is 9.59 Å². The number of piperidine rings is 1. The van der Waals surface area contributed by atoms with E-state index in [0.29, 0.717) is 53.8 Å². The Balaban J connectivity index is 1.75. The zero-order valence-corrected chi connectivity index (χ0v) is 15.8. The molecule has 0 aliphatic carbocycles. The first-order valence-corrected chi connectivity index (χ1v) is 9.15. The number of hydrogen-bond donors (Lipinski definition) is 0. The molecule has 0 atom stereocenters. The van der Waals surface area contributed by atoms with Gasteiger partial charge in [0.05, 0.1) is 16.2 Å². The Morgan fingerprint density at radius 3 is 2.44 bits per heavy atom. The van der Waals surface area contributed by atoms with Gasteiger partial charge in [-0.2, -0.15) is 0 Å². The third-order valence-corrected chi connectivity index (χ3v) is 5.45. The number of anilines is 1. The first-order valence-electron chi connectivity index (χ1n) is 8.77. The molecule has 3 aromatic rings. The summed E-state index contributed by atoms with van der Waals surface area (Å²) < 4.78 is 2.86. The standard InChI is InChI=1S/C18H19ClN6O2/c1-11-13(19)10-14-15(22-11)25(17(27)16(26)23(14)2)12-4-8-24(9-5-12)18-20-6-3-7-21-18/h3,6-7,10,12H,4-5,8-9H2,1-2H3. The fourth-order valence-corrected chi connectivity index (χ4v) is 3.70. The van der Waals surface area contributed by atoms with E-state index in [2.05, 4.69) is 19.9 Å². The Hall–Kier alpha value is -2.74. The summed E-state index contributed by atoms with van der Waals surface area (Å²) in [5.74, 6) is 0.679. The lowest BCUT2D eigenvalue weighted by Crippen LogP contribution is -2.45. The molecule has 1 saturated heterocycles. The Kier molecular flexibility index (Phi) is 4.43.